The molecule has 3 amide bonds. The van der Waals surface area contributed by atoms with Crippen molar-refractivity contribution in [3.63, 3.8) is 0 Å². The summed E-state index contributed by atoms with van der Waals surface area (Å²) in [5.41, 5.74) is 8.27. The molecule has 0 bridgehead atoms. The third-order valence-corrected chi connectivity index (χ3v) is 7.60. The second kappa shape index (κ2) is 7.51. The van der Waals surface area contributed by atoms with Crippen molar-refractivity contribution in [1.29, 1.82) is 0 Å². The fraction of sp³-hybridized carbons (Fsp3) is 0.526. The first-order valence-corrected chi connectivity index (χ1v) is 11.5. The summed E-state index contributed by atoms with van der Waals surface area (Å²) in [6, 6.07) is 4.33. The lowest BCUT2D eigenvalue weighted by Gasteiger charge is -2.29. The van der Waals surface area contributed by atoms with E-state index in [0.717, 1.165) is 11.1 Å². The monoisotopic (exact) mass is 420 g/mol. The van der Waals surface area contributed by atoms with E-state index in [1.165, 1.54) is 4.90 Å². The van der Waals surface area contributed by atoms with Crippen molar-refractivity contribution in [3.8, 4) is 0 Å². The van der Waals surface area contributed by atoms with Gasteiger partial charge in [0, 0.05) is 37.2 Å². The molecule has 3 atom stereocenters. The number of carbonyl (C=O) groups excluding carboxylic acids is 3. The Kier molecular flexibility index (Phi) is 5.18. The van der Waals surface area contributed by atoms with E-state index in [0.29, 0.717) is 31.5 Å². The number of benzene rings is 1. The number of hydrogen-bond donors (Lipinski definition) is 3. The van der Waals surface area contributed by atoms with E-state index in [4.69, 9.17) is 5.73 Å². The lowest BCUT2D eigenvalue weighted by atomic mass is 10.0. The first-order chi connectivity index (χ1) is 13.7. The maximum atomic E-state index is 12.9. The zero-order valence-electron chi connectivity index (χ0n) is 15.9. The van der Waals surface area contributed by atoms with Crippen LogP contribution in [0.5, 0.6) is 0 Å². The molecular weight excluding hydrogens is 396 g/mol. The smallest absolute Gasteiger partial charge is 0.255 e. The Balaban J connectivity index is 1.44. The average Bonchev–Trinajstić information content (AvgIpc) is 2.99. The van der Waals surface area contributed by atoms with E-state index in [1.807, 2.05) is 12.1 Å². The molecule has 0 radical (unpaired) electrons. The highest BCUT2D eigenvalue weighted by Gasteiger charge is 2.39. The minimum Gasteiger partial charge on any atom is -0.326 e. The second-order valence-electron chi connectivity index (χ2n) is 7.95. The van der Waals surface area contributed by atoms with Gasteiger partial charge in [-0.25, -0.2) is 8.42 Å². The van der Waals surface area contributed by atoms with E-state index < -0.39 is 21.8 Å². The van der Waals surface area contributed by atoms with Gasteiger partial charge in [-0.15, -0.1) is 0 Å². The Labute approximate surface area is 168 Å². The van der Waals surface area contributed by atoms with Crippen LogP contribution in [-0.4, -0.2) is 60.7 Å². The highest BCUT2D eigenvalue weighted by molar-refractivity contribution is 7.91. The molecular formula is C19H24N4O5S. The largest absolute Gasteiger partial charge is 0.326 e. The molecule has 4 N–H and O–H groups in total. The topological polar surface area (TPSA) is 139 Å². The van der Waals surface area contributed by atoms with Crippen LogP contribution in [0.2, 0.25) is 0 Å². The standard InChI is InChI=1S/C19H24N4O5S/c20-14-5-6-29(27,28)10-15(14)21-8-11-1-2-12-9-23(19(26)13(12)7-11)16-3-4-17(24)22-18(16)25/h1-2,7,14-16,21H,3-6,8-10,20H2,(H,22,24,25)/t14-,15-,16?/m1/s1. The molecule has 1 aromatic carbocycles. The number of rotatable bonds is 4. The summed E-state index contributed by atoms with van der Waals surface area (Å²) in [6.45, 7) is 0.729. The molecule has 4 rings (SSSR count). The van der Waals surface area contributed by atoms with Gasteiger partial charge in [-0.05, 0) is 30.0 Å². The number of sulfone groups is 1. The quantitative estimate of drug-likeness (QED) is 0.534. The molecule has 0 aromatic heterocycles. The van der Waals surface area contributed by atoms with Crippen molar-refractivity contribution < 1.29 is 22.8 Å². The normalized spacial score (nSPS) is 28.9. The van der Waals surface area contributed by atoms with Gasteiger partial charge >= 0.3 is 0 Å². The fourth-order valence-electron chi connectivity index (χ4n) is 4.17. The molecule has 0 saturated carbocycles. The summed E-state index contributed by atoms with van der Waals surface area (Å²) in [5.74, 6) is -0.839. The minimum absolute atomic E-state index is 0.0152. The molecule has 3 aliphatic heterocycles. The molecule has 29 heavy (non-hydrogen) atoms. The molecule has 156 valence electrons. The SMILES string of the molecule is N[C@@H]1CCS(=O)(=O)C[C@H]1NCc1ccc2c(c1)C(=O)N(C1CCC(=O)NC1=O)C2. The number of nitrogens with zero attached hydrogens (tertiary/aromatic N) is 1. The second-order valence-corrected chi connectivity index (χ2v) is 10.2. The van der Waals surface area contributed by atoms with Gasteiger partial charge in [-0.3, -0.25) is 19.7 Å². The maximum absolute atomic E-state index is 12.9. The highest BCUT2D eigenvalue weighted by Crippen LogP contribution is 2.28. The zero-order chi connectivity index (χ0) is 20.8. The number of hydrogen-bond acceptors (Lipinski definition) is 7. The molecule has 2 saturated heterocycles. The van der Waals surface area contributed by atoms with Gasteiger partial charge < -0.3 is 16.0 Å². The predicted octanol–water partition coefficient (Wildman–Crippen LogP) is -0.948. The summed E-state index contributed by atoms with van der Waals surface area (Å²) in [6.07, 6.45) is 0.979. The molecule has 0 spiro atoms. The van der Waals surface area contributed by atoms with Crippen molar-refractivity contribution in [3.05, 3.63) is 34.9 Å². The zero-order valence-corrected chi connectivity index (χ0v) is 16.7. The Bertz CT molecular complexity index is 977. The molecule has 0 aliphatic carbocycles. The Hall–Kier alpha value is -2.30. The van der Waals surface area contributed by atoms with Crippen LogP contribution >= 0.6 is 0 Å². The molecule has 10 heteroatoms. The number of nitrogens with two attached hydrogens (primary N) is 1. The third-order valence-electron chi connectivity index (χ3n) is 5.87. The van der Waals surface area contributed by atoms with Crippen LogP contribution in [-0.2, 0) is 32.5 Å². The predicted molar refractivity (Wildman–Crippen MR) is 104 cm³/mol. The Morgan fingerprint density at radius 2 is 2.00 bits per heavy atom. The van der Waals surface area contributed by atoms with E-state index in [-0.39, 0.29) is 41.8 Å². The Morgan fingerprint density at radius 3 is 2.76 bits per heavy atom. The molecule has 9 nitrogen and oxygen atoms in total. The van der Waals surface area contributed by atoms with Crippen molar-refractivity contribution in [2.24, 2.45) is 5.73 Å². The van der Waals surface area contributed by atoms with Gasteiger partial charge in [0.2, 0.25) is 11.8 Å². The van der Waals surface area contributed by atoms with Crippen molar-refractivity contribution >= 4 is 27.6 Å². The van der Waals surface area contributed by atoms with Crippen LogP contribution in [0.4, 0.5) is 0 Å². The van der Waals surface area contributed by atoms with Gasteiger partial charge in [-0.1, -0.05) is 12.1 Å². The number of carbonyl (C=O) groups is 3. The average molecular weight is 420 g/mol. The number of amides is 3. The van der Waals surface area contributed by atoms with Gasteiger partial charge in [0.25, 0.3) is 5.91 Å². The van der Waals surface area contributed by atoms with Crippen LogP contribution in [0.15, 0.2) is 18.2 Å². The maximum Gasteiger partial charge on any atom is 0.255 e. The molecule has 3 heterocycles. The number of fused-ring (bicyclic) bond motifs is 1. The van der Waals surface area contributed by atoms with Crippen LogP contribution in [0.25, 0.3) is 0 Å². The van der Waals surface area contributed by atoms with Crippen LogP contribution in [0.3, 0.4) is 0 Å². The first kappa shape index (κ1) is 20.0. The van der Waals surface area contributed by atoms with E-state index in [2.05, 4.69) is 10.6 Å². The lowest BCUT2D eigenvalue weighted by molar-refractivity contribution is -0.136. The van der Waals surface area contributed by atoms with Gasteiger partial charge in [0.15, 0.2) is 9.84 Å². The number of nitrogens with one attached hydrogen (secondary N) is 2. The van der Waals surface area contributed by atoms with Crippen molar-refractivity contribution in [1.82, 2.24) is 15.5 Å². The summed E-state index contributed by atoms with van der Waals surface area (Å²) in [5, 5.41) is 5.49. The Morgan fingerprint density at radius 1 is 1.21 bits per heavy atom. The highest BCUT2D eigenvalue weighted by atomic mass is 32.2. The first-order valence-electron chi connectivity index (χ1n) is 9.69. The number of imide groups is 1. The van der Waals surface area contributed by atoms with Crippen LogP contribution in [0.1, 0.15) is 40.7 Å². The van der Waals surface area contributed by atoms with Crippen LogP contribution < -0.4 is 16.4 Å². The van der Waals surface area contributed by atoms with E-state index in [9.17, 15) is 22.8 Å². The van der Waals surface area contributed by atoms with E-state index >= 15 is 0 Å². The molecule has 1 aromatic rings. The summed E-state index contributed by atoms with van der Waals surface area (Å²) < 4.78 is 23.7. The lowest BCUT2D eigenvalue weighted by Crippen LogP contribution is -2.53. The van der Waals surface area contributed by atoms with Gasteiger partial charge in [-0.2, -0.15) is 0 Å². The van der Waals surface area contributed by atoms with Gasteiger partial charge in [0.05, 0.1) is 11.5 Å². The minimum atomic E-state index is -3.08. The van der Waals surface area contributed by atoms with Crippen molar-refractivity contribution in [2.45, 2.75) is 50.5 Å². The summed E-state index contributed by atoms with van der Waals surface area (Å²) in [7, 11) is -3.08. The molecule has 1 unspecified atom stereocenters. The van der Waals surface area contributed by atoms with Gasteiger partial charge in [0.1, 0.15) is 6.04 Å². The third kappa shape index (κ3) is 4.05. The molecule has 3 aliphatic rings. The summed E-state index contributed by atoms with van der Waals surface area (Å²) in [4.78, 5) is 37.8. The van der Waals surface area contributed by atoms with Crippen molar-refractivity contribution in [2.75, 3.05) is 11.5 Å². The summed E-state index contributed by atoms with van der Waals surface area (Å²) >= 11 is 0. The van der Waals surface area contributed by atoms with E-state index in [1.54, 1.807) is 6.07 Å². The fourth-order valence-corrected chi connectivity index (χ4v) is 5.88. The number of piperidine rings is 1. The molecule has 2 fully saturated rings. The van der Waals surface area contributed by atoms with Crippen LogP contribution in [0, 0.1) is 0 Å².